The fraction of sp³-hybridized carbons (Fsp3) is 0.0189. The van der Waals surface area contributed by atoms with E-state index in [4.69, 9.17) is 4.42 Å². The molecule has 3 heteroatoms. The fourth-order valence-corrected chi connectivity index (χ4v) is 10.9. The van der Waals surface area contributed by atoms with Crippen LogP contribution in [0, 0.1) is 0 Å². The smallest absolute Gasteiger partial charge is 0.143 e. The highest BCUT2D eigenvalue weighted by Crippen LogP contribution is 2.71. The second kappa shape index (κ2) is 10.0. The van der Waals surface area contributed by atoms with Crippen molar-refractivity contribution in [3.8, 4) is 39.1 Å². The minimum Gasteiger partial charge on any atom is -0.455 e. The monoisotopic (exact) mass is 710 g/mol. The van der Waals surface area contributed by atoms with Crippen molar-refractivity contribution in [3.63, 3.8) is 0 Å². The number of hydrogen-bond acceptors (Lipinski definition) is 2. The van der Waals surface area contributed by atoms with E-state index in [1.807, 2.05) is 0 Å². The summed E-state index contributed by atoms with van der Waals surface area (Å²) >= 11 is 0. The third kappa shape index (κ3) is 3.30. The minimum atomic E-state index is -0.521. The van der Waals surface area contributed by atoms with Gasteiger partial charge in [0.15, 0.2) is 0 Å². The van der Waals surface area contributed by atoms with Gasteiger partial charge in [-0.25, -0.2) is 0 Å². The molecule has 0 N–H and O–H groups in total. The molecule has 3 aliphatic rings. The first-order chi connectivity index (χ1) is 27.8. The molecule has 9 aromatic carbocycles. The van der Waals surface area contributed by atoms with Crippen LogP contribution in [0.25, 0.3) is 93.6 Å². The Balaban J connectivity index is 0.997. The lowest BCUT2D eigenvalue weighted by atomic mass is 9.83. The van der Waals surface area contributed by atoms with Crippen LogP contribution in [0.3, 0.4) is 0 Å². The largest absolute Gasteiger partial charge is 0.455 e. The van der Waals surface area contributed by atoms with Crippen molar-refractivity contribution in [1.82, 2.24) is 4.57 Å². The number of rotatable bonds is 3. The summed E-state index contributed by atoms with van der Waals surface area (Å²) in [6.45, 7) is 0. The third-order valence-electron chi connectivity index (χ3n) is 13.0. The molecule has 0 bridgehead atoms. The lowest BCUT2D eigenvalue weighted by Crippen LogP contribution is -2.39. The number of nitrogens with zero attached hydrogens (tertiary/aromatic N) is 2. The molecular formula is C53H30N2O. The molecule has 0 saturated carbocycles. The molecule has 0 radical (unpaired) electrons. The summed E-state index contributed by atoms with van der Waals surface area (Å²) in [4.78, 5) is 2.64. The summed E-state index contributed by atoms with van der Waals surface area (Å²) in [6, 6.07) is 67.1. The molecule has 2 aliphatic carbocycles. The summed E-state index contributed by atoms with van der Waals surface area (Å²) in [5, 5.41) is 7.46. The van der Waals surface area contributed by atoms with Crippen LogP contribution >= 0.6 is 0 Å². The first kappa shape index (κ1) is 29.1. The van der Waals surface area contributed by atoms with Crippen molar-refractivity contribution in [3.05, 3.63) is 199 Å². The molecule has 2 aromatic heterocycles. The van der Waals surface area contributed by atoms with Crippen molar-refractivity contribution >= 4 is 65.9 Å². The highest BCUT2D eigenvalue weighted by Gasteiger charge is 2.60. The van der Waals surface area contributed by atoms with E-state index in [1.54, 1.807) is 0 Å². The lowest BCUT2D eigenvalue weighted by Gasteiger charge is -2.39. The van der Waals surface area contributed by atoms with Crippen LogP contribution < -0.4 is 4.90 Å². The number of aromatic nitrogens is 1. The average Bonchev–Trinajstić information content (AvgIpc) is 4.03. The van der Waals surface area contributed by atoms with Gasteiger partial charge in [-0.15, -0.1) is 0 Å². The van der Waals surface area contributed by atoms with Gasteiger partial charge in [0, 0.05) is 55.0 Å². The fourth-order valence-electron chi connectivity index (χ4n) is 10.9. The van der Waals surface area contributed by atoms with Crippen LogP contribution in [-0.2, 0) is 5.54 Å². The van der Waals surface area contributed by atoms with Crippen molar-refractivity contribution in [1.29, 1.82) is 0 Å². The molecule has 258 valence electrons. The summed E-state index contributed by atoms with van der Waals surface area (Å²) in [7, 11) is 0. The maximum absolute atomic E-state index is 6.83. The van der Waals surface area contributed by atoms with Crippen molar-refractivity contribution in [2.45, 2.75) is 5.54 Å². The molecule has 3 heterocycles. The van der Waals surface area contributed by atoms with E-state index >= 15 is 0 Å². The molecule has 56 heavy (non-hydrogen) atoms. The Morgan fingerprint density at radius 1 is 0.446 bits per heavy atom. The molecule has 11 aromatic rings. The first-order valence-electron chi connectivity index (χ1n) is 19.4. The van der Waals surface area contributed by atoms with Gasteiger partial charge in [-0.1, -0.05) is 121 Å². The van der Waals surface area contributed by atoms with Gasteiger partial charge in [0.2, 0.25) is 0 Å². The second-order valence-corrected chi connectivity index (χ2v) is 15.6. The summed E-state index contributed by atoms with van der Waals surface area (Å²) in [5.74, 6) is 0. The molecule has 1 aliphatic heterocycles. The zero-order valence-corrected chi connectivity index (χ0v) is 30.1. The molecule has 1 spiro atoms. The Kier molecular flexibility index (Phi) is 5.20. The quantitative estimate of drug-likeness (QED) is 0.182. The van der Waals surface area contributed by atoms with E-state index in [2.05, 4.69) is 191 Å². The van der Waals surface area contributed by atoms with Crippen molar-refractivity contribution in [2.24, 2.45) is 0 Å². The van der Waals surface area contributed by atoms with E-state index in [-0.39, 0.29) is 0 Å². The Hall–Kier alpha value is -7.36. The number of fused-ring (bicyclic) bond motifs is 10. The predicted octanol–water partition coefficient (Wildman–Crippen LogP) is 13.9. The lowest BCUT2D eigenvalue weighted by molar-refractivity contribution is 0.665. The van der Waals surface area contributed by atoms with E-state index < -0.39 is 5.54 Å². The highest BCUT2D eigenvalue weighted by molar-refractivity contribution is 6.22. The molecule has 0 fully saturated rings. The van der Waals surface area contributed by atoms with E-state index in [1.165, 1.54) is 110 Å². The van der Waals surface area contributed by atoms with E-state index in [9.17, 15) is 0 Å². The van der Waals surface area contributed by atoms with Crippen LogP contribution in [0.15, 0.2) is 186 Å². The summed E-state index contributed by atoms with van der Waals surface area (Å²) in [5.41, 5.74) is 19.0. The number of hydrogen-bond donors (Lipinski definition) is 0. The van der Waals surface area contributed by atoms with Gasteiger partial charge in [0.1, 0.15) is 16.7 Å². The number of benzene rings is 9. The van der Waals surface area contributed by atoms with Gasteiger partial charge in [-0.3, -0.25) is 0 Å². The van der Waals surface area contributed by atoms with Crippen LogP contribution in [0.5, 0.6) is 0 Å². The molecule has 1 unspecified atom stereocenters. The van der Waals surface area contributed by atoms with Gasteiger partial charge >= 0.3 is 0 Å². The van der Waals surface area contributed by atoms with Crippen molar-refractivity contribution in [2.75, 3.05) is 4.90 Å². The number of furan rings is 1. The Morgan fingerprint density at radius 3 is 2.12 bits per heavy atom. The van der Waals surface area contributed by atoms with Crippen molar-refractivity contribution < 1.29 is 4.42 Å². The molecule has 0 saturated heterocycles. The van der Waals surface area contributed by atoms with Gasteiger partial charge in [0.25, 0.3) is 0 Å². The standard InChI is InChI=1S/C53H30N2O/c1-2-12-34(13-3-1)54-44-18-8-5-15-37(44)40-29-33(24-28-45(40)54)31-21-25-35(26-22-31)55-46-19-10-11-32-23-27-39-49-51-41(30-42-38-16-6-9-20-47(38)56-52(42)49)36-14-4-7-17-43(36)53(51,55)50(39)48(32)46/h1-30H. The molecular weight excluding hydrogens is 681 g/mol. The highest BCUT2D eigenvalue weighted by atomic mass is 16.3. The molecule has 1 atom stereocenters. The Morgan fingerprint density at radius 2 is 1.21 bits per heavy atom. The van der Waals surface area contributed by atoms with Gasteiger partial charge < -0.3 is 13.9 Å². The van der Waals surface area contributed by atoms with Crippen LogP contribution in [0.2, 0.25) is 0 Å². The zero-order valence-electron chi connectivity index (χ0n) is 30.1. The maximum atomic E-state index is 6.83. The predicted molar refractivity (Wildman–Crippen MR) is 230 cm³/mol. The van der Waals surface area contributed by atoms with Gasteiger partial charge in [-0.05, 0) is 99.4 Å². The third-order valence-corrected chi connectivity index (χ3v) is 13.0. The van der Waals surface area contributed by atoms with Crippen LogP contribution in [0.4, 0.5) is 11.4 Å². The topological polar surface area (TPSA) is 21.3 Å². The zero-order chi connectivity index (χ0) is 36.3. The molecule has 14 rings (SSSR count). The van der Waals surface area contributed by atoms with Gasteiger partial charge in [-0.2, -0.15) is 0 Å². The number of para-hydroxylation sites is 3. The second-order valence-electron chi connectivity index (χ2n) is 15.6. The van der Waals surface area contributed by atoms with Crippen LogP contribution in [0.1, 0.15) is 16.7 Å². The Bertz CT molecular complexity index is 3530. The molecule has 3 nitrogen and oxygen atoms in total. The first-order valence-corrected chi connectivity index (χ1v) is 19.4. The van der Waals surface area contributed by atoms with Crippen LogP contribution in [-0.4, -0.2) is 4.57 Å². The van der Waals surface area contributed by atoms with E-state index in [0.717, 1.165) is 11.2 Å². The average molecular weight is 711 g/mol. The summed E-state index contributed by atoms with van der Waals surface area (Å²) in [6.07, 6.45) is 0. The number of anilines is 2. The minimum absolute atomic E-state index is 0.521. The van der Waals surface area contributed by atoms with E-state index in [0.29, 0.717) is 0 Å². The Labute approximate surface area is 321 Å². The SMILES string of the molecule is c1ccc(-n2c3ccccc3c3cc(-c4ccc(N5c6cccc7ccc8c(c67)C56c5ccccc5-c5cc7c(oc9ccccc97)c-8c56)cc4)ccc32)cc1. The normalized spacial score (nSPS) is 15.9. The summed E-state index contributed by atoms with van der Waals surface area (Å²) < 4.78 is 9.21. The maximum Gasteiger partial charge on any atom is 0.143 e. The van der Waals surface area contributed by atoms with Gasteiger partial charge in [0.05, 0.1) is 16.7 Å². The molecule has 0 amide bonds.